The fourth-order valence-electron chi connectivity index (χ4n) is 2.22. The van der Waals surface area contributed by atoms with Crippen molar-refractivity contribution in [1.29, 1.82) is 0 Å². The van der Waals surface area contributed by atoms with Gasteiger partial charge in [0.15, 0.2) is 0 Å². The van der Waals surface area contributed by atoms with Crippen LogP contribution in [0.1, 0.15) is 36.8 Å². The number of nitrogens with two attached hydrogens (primary N) is 1. The van der Waals surface area contributed by atoms with Crippen molar-refractivity contribution < 1.29 is 9.59 Å². The van der Waals surface area contributed by atoms with Crippen molar-refractivity contribution in [2.75, 3.05) is 6.54 Å². The summed E-state index contributed by atoms with van der Waals surface area (Å²) in [5.41, 5.74) is 7.11. The zero-order valence-corrected chi connectivity index (χ0v) is 11.4. The predicted molar refractivity (Wildman–Crippen MR) is 76.4 cm³/mol. The highest BCUT2D eigenvalue weighted by Gasteiger charge is 2.23. The fourth-order valence-corrected chi connectivity index (χ4v) is 2.22. The van der Waals surface area contributed by atoms with Gasteiger partial charge in [-0.2, -0.15) is 0 Å². The van der Waals surface area contributed by atoms with Crippen LogP contribution in [0, 0.1) is 11.8 Å². The molecule has 2 amide bonds. The van der Waals surface area contributed by atoms with Crippen molar-refractivity contribution >= 4 is 11.8 Å². The second kappa shape index (κ2) is 6.88. The Kier molecular flexibility index (Phi) is 4.91. The number of carbonyl (C=O) groups excluding carboxylic acids is 2. The molecule has 0 radical (unpaired) electrons. The first-order chi connectivity index (χ1) is 9.70. The first kappa shape index (κ1) is 14.3. The summed E-state index contributed by atoms with van der Waals surface area (Å²) < 4.78 is 0. The number of amides is 2. The Morgan fingerprint density at radius 2 is 1.85 bits per heavy atom. The molecule has 1 aromatic rings. The van der Waals surface area contributed by atoms with Gasteiger partial charge >= 0.3 is 0 Å². The molecular weight excluding hydrogens is 252 g/mol. The van der Waals surface area contributed by atoms with Gasteiger partial charge in [0.1, 0.15) is 0 Å². The summed E-state index contributed by atoms with van der Waals surface area (Å²) in [5.74, 6) is 5.59. The molecule has 0 spiro atoms. The molecular formula is C16H18N2O2. The number of imide groups is 1. The van der Waals surface area contributed by atoms with Crippen LogP contribution in [-0.4, -0.2) is 23.3 Å². The molecule has 2 N–H and O–H groups in total. The summed E-state index contributed by atoms with van der Waals surface area (Å²) in [6, 6.07) is 7.56. The van der Waals surface area contributed by atoms with E-state index in [9.17, 15) is 9.59 Å². The standard InChI is InChI=1S/C16H18N2O2/c17-10-4-7-13-5-3-6-14(11-13)12-18-15(19)8-1-2-9-16(18)20/h3,5-6,11H,1-2,8-10,12,17H2. The highest BCUT2D eigenvalue weighted by atomic mass is 16.2. The Morgan fingerprint density at radius 3 is 2.50 bits per heavy atom. The zero-order chi connectivity index (χ0) is 14.4. The fraction of sp³-hybridized carbons (Fsp3) is 0.375. The lowest BCUT2D eigenvalue weighted by atomic mass is 10.1. The van der Waals surface area contributed by atoms with Crippen LogP contribution >= 0.6 is 0 Å². The van der Waals surface area contributed by atoms with Gasteiger partial charge in [-0.05, 0) is 30.5 Å². The number of benzene rings is 1. The summed E-state index contributed by atoms with van der Waals surface area (Å²) in [5, 5.41) is 0. The first-order valence-electron chi connectivity index (χ1n) is 6.82. The molecule has 1 saturated heterocycles. The minimum Gasteiger partial charge on any atom is -0.320 e. The summed E-state index contributed by atoms with van der Waals surface area (Å²) in [7, 11) is 0. The smallest absolute Gasteiger partial charge is 0.229 e. The van der Waals surface area contributed by atoms with Gasteiger partial charge in [0.05, 0.1) is 13.1 Å². The first-order valence-corrected chi connectivity index (χ1v) is 6.82. The van der Waals surface area contributed by atoms with E-state index < -0.39 is 0 Å². The summed E-state index contributed by atoms with van der Waals surface area (Å²) in [4.78, 5) is 25.3. The van der Waals surface area contributed by atoms with E-state index in [1.165, 1.54) is 4.90 Å². The van der Waals surface area contributed by atoms with Crippen LogP contribution in [-0.2, 0) is 16.1 Å². The Hall–Kier alpha value is -2.12. The monoisotopic (exact) mass is 270 g/mol. The van der Waals surface area contributed by atoms with Crippen molar-refractivity contribution in [2.45, 2.75) is 32.2 Å². The maximum Gasteiger partial charge on any atom is 0.229 e. The normalized spacial score (nSPS) is 15.6. The predicted octanol–water partition coefficient (Wildman–Crippen LogP) is 1.43. The third-order valence-corrected chi connectivity index (χ3v) is 3.24. The SMILES string of the molecule is NCC#Cc1cccc(CN2C(=O)CCCCC2=O)c1. The molecule has 0 saturated carbocycles. The minimum atomic E-state index is -0.0778. The van der Waals surface area contributed by atoms with Gasteiger partial charge in [-0.1, -0.05) is 24.0 Å². The Balaban J connectivity index is 2.15. The van der Waals surface area contributed by atoms with Gasteiger partial charge < -0.3 is 5.73 Å². The average Bonchev–Trinajstić information content (AvgIpc) is 2.61. The Bertz CT molecular complexity index is 551. The molecule has 4 heteroatoms. The lowest BCUT2D eigenvalue weighted by molar-refractivity contribution is -0.144. The van der Waals surface area contributed by atoms with Crippen molar-refractivity contribution in [3.05, 3.63) is 35.4 Å². The van der Waals surface area contributed by atoms with E-state index in [-0.39, 0.29) is 11.8 Å². The molecule has 104 valence electrons. The number of likely N-dealkylation sites (tertiary alicyclic amines) is 1. The topological polar surface area (TPSA) is 63.4 Å². The van der Waals surface area contributed by atoms with E-state index in [1.807, 2.05) is 24.3 Å². The summed E-state index contributed by atoms with van der Waals surface area (Å²) in [6.45, 7) is 0.642. The van der Waals surface area contributed by atoms with Crippen LogP contribution in [0.5, 0.6) is 0 Å². The van der Waals surface area contributed by atoms with Gasteiger partial charge in [-0.15, -0.1) is 0 Å². The largest absolute Gasteiger partial charge is 0.320 e. The van der Waals surface area contributed by atoms with E-state index in [0.29, 0.717) is 25.9 Å². The molecule has 4 nitrogen and oxygen atoms in total. The van der Waals surface area contributed by atoms with Crippen molar-refractivity contribution in [2.24, 2.45) is 5.73 Å². The van der Waals surface area contributed by atoms with Crippen LogP contribution in [0.4, 0.5) is 0 Å². The Labute approximate surface area is 118 Å². The van der Waals surface area contributed by atoms with Gasteiger partial charge in [-0.25, -0.2) is 0 Å². The number of carbonyl (C=O) groups is 2. The highest BCUT2D eigenvalue weighted by molar-refractivity contribution is 5.95. The molecule has 0 bridgehead atoms. The number of rotatable bonds is 2. The quantitative estimate of drug-likeness (QED) is 0.653. The van der Waals surface area contributed by atoms with Crippen molar-refractivity contribution in [3.63, 3.8) is 0 Å². The molecule has 1 heterocycles. The maximum atomic E-state index is 11.9. The van der Waals surface area contributed by atoms with Crippen molar-refractivity contribution in [1.82, 2.24) is 4.90 Å². The van der Waals surface area contributed by atoms with Gasteiger partial charge in [0, 0.05) is 18.4 Å². The molecule has 20 heavy (non-hydrogen) atoms. The van der Waals surface area contributed by atoms with Crippen LogP contribution in [0.2, 0.25) is 0 Å². The lowest BCUT2D eigenvalue weighted by Crippen LogP contribution is -2.34. The van der Waals surface area contributed by atoms with Gasteiger partial charge in [0.25, 0.3) is 0 Å². The van der Waals surface area contributed by atoms with E-state index >= 15 is 0 Å². The zero-order valence-electron chi connectivity index (χ0n) is 11.4. The van der Waals surface area contributed by atoms with Crippen molar-refractivity contribution in [3.8, 4) is 11.8 Å². The highest BCUT2D eigenvalue weighted by Crippen LogP contribution is 2.16. The Morgan fingerprint density at radius 1 is 1.15 bits per heavy atom. The molecule has 2 rings (SSSR count). The third-order valence-electron chi connectivity index (χ3n) is 3.24. The second-order valence-electron chi connectivity index (χ2n) is 4.79. The van der Waals surface area contributed by atoms with Crippen LogP contribution in [0.25, 0.3) is 0 Å². The molecule has 0 unspecified atom stereocenters. The van der Waals surface area contributed by atoms with E-state index in [2.05, 4.69) is 11.8 Å². The number of nitrogens with zero attached hydrogens (tertiary/aromatic N) is 1. The summed E-state index contributed by atoms with van der Waals surface area (Å²) in [6.07, 6.45) is 2.50. The van der Waals surface area contributed by atoms with Crippen LogP contribution in [0.15, 0.2) is 24.3 Å². The molecule has 0 aliphatic carbocycles. The molecule has 1 fully saturated rings. The second-order valence-corrected chi connectivity index (χ2v) is 4.79. The van der Waals surface area contributed by atoms with E-state index in [4.69, 9.17) is 5.73 Å². The molecule has 1 aliphatic rings. The number of hydrogen-bond donors (Lipinski definition) is 1. The number of hydrogen-bond acceptors (Lipinski definition) is 3. The molecule has 1 aliphatic heterocycles. The molecule has 0 atom stereocenters. The third kappa shape index (κ3) is 3.69. The van der Waals surface area contributed by atoms with E-state index in [0.717, 1.165) is 24.0 Å². The summed E-state index contributed by atoms with van der Waals surface area (Å²) >= 11 is 0. The van der Waals surface area contributed by atoms with Gasteiger partial charge in [-0.3, -0.25) is 14.5 Å². The molecule has 0 aromatic heterocycles. The lowest BCUT2D eigenvalue weighted by Gasteiger charge is -2.18. The van der Waals surface area contributed by atoms with Gasteiger partial charge in [0.2, 0.25) is 11.8 Å². The van der Waals surface area contributed by atoms with Crippen LogP contribution < -0.4 is 5.73 Å². The van der Waals surface area contributed by atoms with Crippen LogP contribution in [0.3, 0.4) is 0 Å². The van der Waals surface area contributed by atoms with E-state index in [1.54, 1.807) is 0 Å². The average molecular weight is 270 g/mol. The minimum absolute atomic E-state index is 0.0778. The molecule has 1 aromatic carbocycles. The maximum absolute atomic E-state index is 11.9.